The van der Waals surface area contributed by atoms with Gasteiger partial charge in [0.2, 0.25) is 0 Å². The van der Waals surface area contributed by atoms with Crippen LogP contribution in [0.25, 0.3) is 10.8 Å². The quantitative estimate of drug-likeness (QED) is 0.0862. The number of thioether (sulfide) groups is 1. The maximum Gasteiger partial charge on any atom is 0.450 e. The van der Waals surface area contributed by atoms with E-state index in [0.717, 1.165) is 30.0 Å². The highest BCUT2D eigenvalue weighted by molar-refractivity contribution is 7.99. The Morgan fingerprint density at radius 3 is 2.08 bits per heavy atom. The van der Waals surface area contributed by atoms with Crippen molar-refractivity contribution in [1.82, 2.24) is 0 Å². The molecule has 208 valence electrons. The van der Waals surface area contributed by atoms with Crippen LogP contribution in [0.5, 0.6) is 5.75 Å². The van der Waals surface area contributed by atoms with Gasteiger partial charge in [0.25, 0.3) is 0 Å². The Morgan fingerprint density at radius 1 is 0.973 bits per heavy atom. The van der Waals surface area contributed by atoms with Gasteiger partial charge in [0, 0.05) is 16.0 Å². The van der Waals surface area contributed by atoms with E-state index in [-0.39, 0.29) is 29.1 Å². The third-order valence-electron chi connectivity index (χ3n) is 5.00. The van der Waals surface area contributed by atoms with E-state index in [1.54, 1.807) is 13.8 Å². The molecule has 2 rings (SSSR count). The lowest BCUT2D eigenvalue weighted by molar-refractivity contribution is -0.247. The first kappa shape index (κ1) is 31.0. The number of carbonyl (C=O) groups excluding carboxylic acids is 1. The molecule has 0 aliphatic heterocycles. The van der Waals surface area contributed by atoms with E-state index in [9.17, 15) is 52.5 Å². The molecule has 2 aromatic carbocycles. The van der Waals surface area contributed by atoms with Gasteiger partial charge in [0.05, 0.1) is 5.92 Å². The van der Waals surface area contributed by atoms with Crippen LogP contribution >= 0.6 is 11.8 Å². The van der Waals surface area contributed by atoms with Crippen molar-refractivity contribution in [2.24, 2.45) is 5.92 Å². The highest BCUT2D eigenvalue weighted by Gasteiger charge is 2.81. The molecule has 0 aliphatic carbocycles. The van der Waals surface area contributed by atoms with Crippen molar-refractivity contribution in [3.63, 3.8) is 0 Å². The van der Waals surface area contributed by atoms with Crippen molar-refractivity contribution in [3.8, 4) is 5.75 Å². The summed E-state index contributed by atoms with van der Waals surface area (Å²) in [6.45, 7) is 3.47. The van der Waals surface area contributed by atoms with Gasteiger partial charge in [-0.2, -0.15) is 34.8 Å². The molecule has 0 saturated carbocycles. The molecule has 0 bridgehead atoms. The highest BCUT2D eigenvalue weighted by Crippen LogP contribution is 2.51. The second kappa shape index (κ2) is 10.9. The van der Waals surface area contributed by atoms with Gasteiger partial charge < -0.3 is 13.5 Å². The second-order valence-corrected chi connectivity index (χ2v) is 11.7. The molecule has 37 heavy (non-hydrogen) atoms. The molecule has 0 fully saturated rings. The molecule has 0 aromatic heterocycles. The van der Waals surface area contributed by atoms with Crippen molar-refractivity contribution >= 4 is 48.7 Å². The van der Waals surface area contributed by atoms with Crippen LogP contribution in [-0.4, -0.2) is 56.1 Å². The Bertz CT molecular complexity index is 1360. The fourth-order valence-electron chi connectivity index (χ4n) is 2.70. The van der Waals surface area contributed by atoms with E-state index >= 15 is 0 Å². The van der Waals surface area contributed by atoms with Gasteiger partial charge >= 0.3 is 32.5 Å². The van der Waals surface area contributed by atoms with Gasteiger partial charge in [-0.15, -0.1) is 11.8 Å². The third kappa shape index (κ3) is 5.93. The monoisotopic (exact) mass is 597 g/mol. The lowest BCUT2D eigenvalue weighted by atomic mass is 10.1. The van der Waals surface area contributed by atoms with Crippen LogP contribution in [0.2, 0.25) is 0 Å². The summed E-state index contributed by atoms with van der Waals surface area (Å²) in [6.07, 6.45) is 0.566. The number of ether oxygens (including phenoxy) is 1. The number of alkyl halides is 6. The summed E-state index contributed by atoms with van der Waals surface area (Å²) in [5.74, 6) is -8.67. The molecule has 0 aliphatic rings. The predicted octanol–water partition coefficient (Wildman–Crippen LogP) is 4.60. The lowest BCUT2D eigenvalue weighted by Crippen LogP contribution is -2.61. The summed E-state index contributed by atoms with van der Waals surface area (Å²) in [6, 6.07) is 7.23. The highest BCUT2D eigenvalue weighted by atomic mass is 32.2. The minimum absolute atomic E-state index is 0.00701. The second-order valence-electron chi connectivity index (χ2n) is 7.53. The van der Waals surface area contributed by atoms with Gasteiger partial charge in [-0.05, 0) is 23.9 Å². The largest absolute Gasteiger partial charge is 0.743 e. The molecule has 0 heterocycles. The topological polar surface area (TPSA) is 127 Å². The van der Waals surface area contributed by atoms with Gasteiger partial charge in [-0.1, -0.05) is 38.1 Å². The molecule has 8 nitrogen and oxygen atoms in total. The number of benzene rings is 2. The summed E-state index contributed by atoms with van der Waals surface area (Å²) >= 11 is 1.10. The minimum atomic E-state index is -7.41. The summed E-state index contributed by atoms with van der Waals surface area (Å²) < 4.78 is 147. The lowest BCUT2D eigenvalue weighted by Gasteiger charge is -2.32. The minimum Gasteiger partial charge on any atom is -0.743 e. The van der Waals surface area contributed by atoms with E-state index in [1.807, 2.05) is 0 Å². The Hall–Kier alpha value is -2.24. The Labute approximate surface area is 212 Å². The Balaban J connectivity index is 2.36. The van der Waals surface area contributed by atoms with Crippen LogP contribution in [0.3, 0.4) is 0 Å². The third-order valence-corrected chi connectivity index (χ3v) is 8.21. The zero-order valence-electron chi connectivity index (χ0n) is 18.9. The summed E-state index contributed by atoms with van der Waals surface area (Å²) in [4.78, 5) is 12.1. The number of esters is 1. The smallest absolute Gasteiger partial charge is 0.450 e. The van der Waals surface area contributed by atoms with Crippen molar-refractivity contribution in [2.45, 2.75) is 41.6 Å². The first-order chi connectivity index (χ1) is 16.8. The normalized spacial score (nSPS) is 14.4. The van der Waals surface area contributed by atoms with Gasteiger partial charge in [-0.25, -0.2) is 8.42 Å². The molecular weight excluding hydrogens is 578 g/mol. The number of rotatable bonds is 12. The summed E-state index contributed by atoms with van der Waals surface area (Å²) in [5.41, 5.74) is 0. The Morgan fingerprint density at radius 2 is 1.54 bits per heavy atom. The van der Waals surface area contributed by atoms with Crippen molar-refractivity contribution < 1.29 is 61.4 Å². The van der Waals surface area contributed by atoms with Gasteiger partial charge in [0.15, 0.2) is 15.9 Å². The maximum absolute atomic E-state index is 14.1. The zero-order valence-corrected chi connectivity index (χ0v) is 21.4. The van der Waals surface area contributed by atoms with E-state index in [4.69, 9.17) is 4.74 Å². The van der Waals surface area contributed by atoms with Crippen LogP contribution in [0.1, 0.15) is 20.3 Å². The summed E-state index contributed by atoms with van der Waals surface area (Å²) in [7, 11) is -14.4. The van der Waals surface area contributed by atoms with Crippen LogP contribution in [0, 0.1) is 5.92 Å². The van der Waals surface area contributed by atoms with Crippen molar-refractivity contribution in [2.75, 3.05) is 12.4 Å². The number of fused-ring (bicyclic) bond motifs is 1. The molecule has 0 spiro atoms. The molecule has 17 heteroatoms. The fourth-order valence-corrected chi connectivity index (χ4v) is 5.02. The molecule has 0 radical (unpaired) electrons. The number of halogens is 6. The van der Waals surface area contributed by atoms with Gasteiger partial charge in [0.1, 0.15) is 6.61 Å². The van der Waals surface area contributed by atoms with Crippen molar-refractivity contribution in [1.29, 1.82) is 0 Å². The van der Waals surface area contributed by atoms with Gasteiger partial charge in [-0.3, -0.25) is 4.79 Å². The molecule has 1 atom stereocenters. The maximum atomic E-state index is 14.1. The number of carbonyl (C=O) groups is 1. The SMILES string of the molecule is CCC(C)C(=O)OCCSc1ccc(OS(=O)(=O)C(F)(F)C(F)(F)C(F)(F)S(=O)(=O)[O-])c2ccccc12. The molecular formula is C20H19F6O8S3-. The summed E-state index contributed by atoms with van der Waals surface area (Å²) in [5, 5.41) is -13.9. The number of hydrogen-bond donors (Lipinski definition) is 0. The van der Waals surface area contributed by atoms with Crippen LogP contribution in [0.4, 0.5) is 26.3 Å². The molecule has 2 aromatic rings. The zero-order chi connectivity index (χ0) is 28.4. The van der Waals surface area contributed by atoms with Crippen molar-refractivity contribution in [3.05, 3.63) is 36.4 Å². The molecule has 0 N–H and O–H groups in total. The predicted molar refractivity (Wildman–Crippen MR) is 119 cm³/mol. The molecule has 0 saturated heterocycles. The van der Waals surface area contributed by atoms with E-state index in [0.29, 0.717) is 11.3 Å². The van der Waals surface area contributed by atoms with E-state index in [1.165, 1.54) is 18.2 Å². The van der Waals surface area contributed by atoms with Crippen LogP contribution in [-0.2, 0) is 29.8 Å². The first-order valence-electron chi connectivity index (χ1n) is 10.2. The first-order valence-corrected chi connectivity index (χ1v) is 14.0. The molecule has 0 amide bonds. The standard InChI is InChI=1S/C20H20F6O8S3/c1-3-12(2)17(27)33-10-11-35-16-9-8-15(13-6-4-5-7-14(13)16)34-37(31,32)20(25,26)18(21,22)19(23,24)36(28,29)30/h4-9,12H,3,10-11H2,1-2H3,(H,28,29,30)/p-1. The number of hydrogen-bond acceptors (Lipinski definition) is 9. The van der Waals surface area contributed by atoms with E-state index in [2.05, 4.69) is 4.18 Å². The average molecular weight is 598 g/mol. The average Bonchev–Trinajstić information content (AvgIpc) is 2.80. The fraction of sp³-hybridized carbons (Fsp3) is 0.450. The van der Waals surface area contributed by atoms with E-state index < -0.39 is 48.4 Å². The van der Waals surface area contributed by atoms with Crippen LogP contribution < -0.4 is 4.18 Å². The molecule has 1 unspecified atom stereocenters. The van der Waals surface area contributed by atoms with Crippen LogP contribution in [0.15, 0.2) is 41.3 Å². The Kier molecular flexibility index (Phi) is 9.09.